The van der Waals surface area contributed by atoms with Crippen LogP contribution in [0.4, 0.5) is 4.79 Å². The highest BCUT2D eigenvalue weighted by Gasteiger charge is 2.27. The minimum Gasteiger partial charge on any atom is -0.444 e. The Morgan fingerprint density at radius 2 is 2.00 bits per heavy atom. The molecule has 100 valence electrons. The Bertz CT molecular complexity index is 270. The number of ether oxygens (including phenoxy) is 3. The van der Waals surface area contributed by atoms with Gasteiger partial charge >= 0.3 is 6.09 Å². The minimum atomic E-state index is -0.579. The van der Waals surface area contributed by atoms with Crippen LogP contribution in [0.2, 0.25) is 0 Å². The lowest BCUT2D eigenvalue weighted by Crippen LogP contribution is -2.41. The predicted octanol–water partition coefficient (Wildman–Crippen LogP) is 2.05. The van der Waals surface area contributed by atoms with Crippen LogP contribution in [0.15, 0.2) is 0 Å². The molecule has 1 saturated heterocycles. The topological polar surface area (TPSA) is 56.8 Å². The van der Waals surface area contributed by atoms with Gasteiger partial charge < -0.3 is 19.5 Å². The highest BCUT2D eigenvalue weighted by atomic mass is 16.7. The van der Waals surface area contributed by atoms with Crippen LogP contribution in [-0.4, -0.2) is 36.7 Å². The molecule has 17 heavy (non-hydrogen) atoms. The lowest BCUT2D eigenvalue weighted by Gasteiger charge is -2.24. The summed E-state index contributed by atoms with van der Waals surface area (Å²) >= 11 is 0. The number of nitrogens with one attached hydrogen (secondary N) is 1. The molecule has 1 heterocycles. The van der Waals surface area contributed by atoms with Gasteiger partial charge in [-0.15, -0.1) is 0 Å². The maximum Gasteiger partial charge on any atom is 0.407 e. The number of carbonyl (C=O) groups is 1. The molecular weight excluding hydrogens is 222 g/mol. The standard InChI is InChI=1S/C12H23NO4/c1-11(2,3)17-10(14)13-9-6-7-15-12(4,5)16-8-9/h9H,6-8H2,1-5H3,(H,13,14)/t9-/m0/s1. The van der Waals surface area contributed by atoms with Crippen molar-refractivity contribution in [2.45, 2.75) is 58.5 Å². The smallest absolute Gasteiger partial charge is 0.407 e. The number of carbonyl (C=O) groups excluding carboxylic acids is 1. The van der Waals surface area contributed by atoms with Gasteiger partial charge in [-0.25, -0.2) is 4.79 Å². The molecule has 1 fully saturated rings. The van der Waals surface area contributed by atoms with Gasteiger partial charge in [-0.3, -0.25) is 0 Å². The largest absolute Gasteiger partial charge is 0.444 e. The molecule has 1 atom stereocenters. The van der Waals surface area contributed by atoms with Crippen molar-refractivity contribution in [3.05, 3.63) is 0 Å². The van der Waals surface area contributed by atoms with Crippen molar-refractivity contribution in [2.24, 2.45) is 0 Å². The van der Waals surface area contributed by atoms with Crippen LogP contribution in [-0.2, 0) is 14.2 Å². The van der Waals surface area contributed by atoms with Crippen LogP contribution in [0, 0.1) is 0 Å². The van der Waals surface area contributed by atoms with E-state index in [9.17, 15) is 4.79 Å². The highest BCUT2D eigenvalue weighted by molar-refractivity contribution is 5.68. The Hall–Kier alpha value is -0.810. The van der Waals surface area contributed by atoms with E-state index < -0.39 is 17.5 Å². The molecule has 5 nitrogen and oxygen atoms in total. The van der Waals surface area contributed by atoms with Crippen LogP contribution in [0.3, 0.4) is 0 Å². The van der Waals surface area contributed by atoms with Crippen molar-refractivity contribution in [3.8, 4) is 0 Å². The van der Waals surface area contributed by atoms with E-state index in [1.165, 1.54) is 0 Å². The third-order valence-electron chi connectivity index (χ3n) is 2.27. The van der Waals surface area contributed by atoms with Gasteiger partial charge in [0, 0.05) is 0 Å². The Labute approximate surface area is 103 Å². The molecule has 1 rings (SSSR count). The predicted molar refractivity (Wildman–Crippen MR) is 63.8 cm³/mol. The first-order chi connectivity index (χ1) is 7.68. The van der Waals surface area contributed by atoms with Crippen LogP contribution in [0.5, 0.6) is 0 Å². The van der Waals surface area contributed by atoms with Crippen LogP contribution < -0.4 is 5.32 Å². The maximum atomic E-state index is 11.6. The van der Waals surface area contributed by atoms with E-state index in [-0.39, 0.29) is 6.04 Å². The summed E-state index contributed by atoms with van der Waals surface area (Å²) in [6.07, 6.45) is 0.314. The first-order valence-electron chi connectivity index (χ1n) is 5.95. The second-order valence-corrected chi connectivity index (χ2v) is 5.69. The van der Waals surface area contributed by atoms with E-state index >= 15 is 0 Å². The zero-order valence-corrected chi connectivity index (χ0v) is 11.3. The molecule has 1 aliphatic rings. The quantitative estimate of drug-likeness (QED) is 0.768. The Balaban J connectivity index is 2.39. The molecule has 0 aromatic rings. The second-order valence-electron chi connectivity index (χ2n) is 5.69. The number of amides is 1. The lowest BCUT2D eigenvalue weighted by molar-refractivity contribution is -0.200. The molecule has 0 aliphatic carbocycles. The summed E-state index contributed by atoms with van der Waals surface area (Å²) in [5.41, 5.74) is -0.481. The van der Waals surface area contributed by atoms with Crippen molar-refractivity contribution >= 4 is 6.09 Å². The molecule has 0 unspecified atom stereocenters. The maximum absolute atomic E-state index is 11.6. The first kappa shape index (κ1) is 14.3. The summed E-state index contributed by atoms with van der Waals surface area (Å²) in [5.74, 6) is -0.579. The molecule has 0 spiro atoms. The van der Waals surface area contributed by atoms with Gasteiger partial charge in [0.05, 0.1) is 19.3 Å². The third-order valence-corrected chi connectivity index (χ3v) is 2.27. The van der Waals surface area contributed by atoms with Crippen LogP contribution in [0.1, 0.15) is 41.0 Å². The van der Waals surface area contributed by atoms with Gasteiger partial charge in [0.25, 0.3) is 0 Å². The number of alkyl carbamates (subject to hydrolysis) is 1. The van der Waals surface area contributed by atoms with Crippen molar-refractivity contribution < 1.29 is 19.0 Å². The van der Waals surface area contributed by atoms with Gasteiger partial charge in [0.15, 0.2) is 5.79 Å². The fourth-order valence-electron chi connectivity index (χ4n) is 1.46. The Morgan fingerprint density at radius 1 is 1.35 bits per heavy atom. The number of hydrogen-bond donors (Lipinski definition) is 1. The summed E-state index contributed by atoms with van der Waals surface area (Å²) in [4.78, 5) is 11.6. The van der Waals surface area contributed by atoms with Crippen molar-refractivity contribution in [2.75, 3.05) is 13.2 Å². The van der Waals surface area contributed by atoms with E-state index in [4.69, 9.17) is 14.2 Å². The SMILES string of the molecule is CC(C)(C)OC(=O)N[C@H]1CCOC(C)(C)OC1. The van der Waals surface area contributed by atoms with Crippen molar-refractivity contribution in [1.82, 2.24) is 5.32 Å². The third kappa shape index (κ3) is 5.89. The molecular formula is C12H23NO4. The molecule has 0 radical (unpaired) electrons. The zero-order chi connectivity index (χ0) is 13.1. The highest BCUT2D eigenvalue weighted by Crippen LogP contribution is 2.17. The van der Waals surface area contributed by atoms with Crippen LogP contribution in [0.25, 0.3) is 0 Å². The van der Waals surface area contributed by atoms with Gasteiger partial charge in [-0.2, -0.15) is 0 Å². The molecule has 1 aliphatic heterocycles. The van der Waals surface area contributed by atoms with E-state index in [1.54, 1.807) is 0 Å². The molecule has 1 amide bonds. The zero-order valence-electron chi connectivity index (χ0n) is 11.3. The average molecular weight is 245 g/mol. The van der Waals surface area contributed by atoms with E-state index in [0.717, 1.165) is 6.42 Å². The van der Waals surface area contributed by atoms with Gasteiger partial charge in [-0.05, 0) is 41.0 Å². The summed E-state index contributed by atoms with van der Waals surface area (Å²) in [6.45, 7) is 10.2. The fraction of sp³-hybridized carbons (Fsp3) is 0.917. The van der Waals surface area contributed by atoms with Crippen molar-refractivity contribution in [3.63, 3.8) is 0 Å². The molecule has 5 heteroatoms. The normalized spacial score (nSPS) is 24.9. The number of rotatable bonds is 1. The molecule has 0 bridgehead atoms. The molecule has 1 N–H and O–H groups in total. The van der Waals surface area contributed by atoms with Gasteiger partial charge in [-0.1, -0.05) is 0 Å². The molecule has 0 aromatic carbocycles. The lowest BCUT2D eigenvalue weighted by atomic mass is 10.2. The summed E-state index contributed by atoms with van der Waals surface area (Å²) < 4.78 is 16.2. The van der Waals surface area contributed by atoms with Gasteiger partial charge in [0.2, 0.25) is 0 Å². The average Bonchev–Trinajstić information content (AvgIpc) is 2.24. The van der Waals surface area contributed by atoms with Gasteiger partial charge in [0.1, 0.15) is 5.60 Å². The fourth-order valence-corrected chi connectivity index (χ4v) is 1.46. The summed E-state index contributed by atoms with van der Waals surface area (Å²) in [6, 6.07) is -0.0633. The molecule has 0 saturated carbocycles. The minimum absolute atomic E-state index is 0.0633. The Kier molecular flexibility index (Phi) is 4.38. The Morgan fingerprint density at radius 3 is 2.59 bits per heavy atom. The van der Waals surface area contributed by atoms with Crippen molar-refractivity contribution in [1.29, 1.82) is 0 Å². The van der Waals surface area contributed by atoms with E-state index in [2.05, 4.69) is 5.32 Å². The van der Waals surface area contributed by atoms with E-state index in [1.807, 2.05) is 34.6 Å². The number of hydrogen-bond acceptors (Lipinski definition) is 4. The summed E-state index contributed by atoms with van der Waals surface area (Å²) in [5, 5.41) is 2.79. The summed E-state index contributed by atoms with van der Waals surface area (Å²) in [7, 11) is 0. The van der Waals surface area contributed by atoms with E-state index in [0.29, 0.717) is 13.2 Å². The molecule has 0 aromatic heterocycles. The first-order valence-corrected chi connectivity index (χ1v) is 5.95. The second kappa shape index (κ2) is 5.23. The monoisotopic (exact) mass is 245 g/mol. The van der Waals surface area contributed by atoms with Crippen LogP contribution >= 0.6 is 0 Å².